The zero-order valence-electron chi connectivity index (χ0n) is 12.7. The number of thiol groups is 3. The van der Waals surface area contributed by atoms with Gasteiger partial charge in [-0.2, -0.15) is 0 Å². The maximum absolute atomic E-state index is 12.0. The zero-order valence-corrected chi connectivity index (χ0v) is 17.4. The molecule has 0 saturated heterocycles. The standard InChI is InChI=1S/C12H10OP.C6H7PS3/c13-14(11-7-3-1-4-8-11)12-9-5-2-6-10-12;7-6-4(9)1-3(8)2-5(6)10/h1-10H;1-2,8-10H,7H2/q+1;. The van der Waals surface area contributed by atoms with Gasteiger partial charge in [0.25, 0.3) is 0 Å². The molecule has 1 nitrogen and oxygen atoms in total. The van der Waals surface area contributed by atoms with E-state index in [0.29, 0.717) is 0 Å². The van der Waals surface area contributed by atoms with E-state index in [2.05, 4.69) is 47.1 Å². The molecule has 0 aliphatic rings. The summed E-state index contributed by atoms with van der Waals surface area (Å²) in [6, 6.07) is 22.8. The van der Waals surface area contributed by atoms with E-state index in [1.807, 2.05) is 72.8 Å². The largest absolute Gasteiger partial charge is 0.415 e. The molecular formula is C18H17OP2S3+. The monoisotopic (exact) mass is 407 g/mol. The highest BCUT2D eigenvalue weighted by molar-refractivity contribution is 7.82. The molecule has 6 heteroatoms. The molecule has 0 heterocycles. The Balaban J connectivity index is 0.000000185. The maximum atomic E-state index is 12.0. The molecule has 0 spiro atoms. The molecule has 3 aromatic rings. The number of rotatable bonds is 2. The summed E-state index contributed by atoms with van der Waals surface area (Å²) in [4.78, 5) is 2.70. The molecular weight excluding hydrogens is 390 g/mol. The fourth-order valence-electron chi connectivity index (χ4n) is 1.88. The lowest BCUT2D eigenvalue weighted by Gasteiger charge is -2.02. The van der Waals surface area contributed by atoms with E-state index in [0.717, 1.165) is 30.6 Å². The van der Waals surface area contributed by atoms with E-state index < -0.39 is 7.80 Å². The first-order valence-electron chi connectivity index (χ1n) is 7.07. The second-order valence-corrected chi connectivity index (χ2v) is 8.54. The van der Waals surface area contributed by atoms with Gasteiger partial charge in [-0.25, -0.2) is 0 Å². The molecule has 0 N–H and O–H groups in total. The highest BCUT2D eigenvalue weighted by Crippen LogP contribution is 2.19. The van der Waals surface area contributed by atoms with Crippen LogP contribution in [0.2, 0.25) is 0 Å². The smallest absolute Gasteiger partial charge is 0.143 e. The molecule has 0 aliphatic carbocycles. The van der Waals surface area contributed by atoms with Crippen molar-refractivity contribution in [3.05, 3.63) is 72.8 Å². The van der Waals surface area contributed by atoms with Crippen molar-refractivity contribution in [1.82, 2.24) is 0 Å². The predicted molar refractivity (Wildman–Crippen MR) is 117 cm³/mol. The summed E-state index contributed by atoms with van der Waals surface area (Å²) in [7, 11) is 1.16. The molecule has 0 aliphatic heterocycles. The summed E-state index contributed by atoms with van der Waals surface area (Å²) in [5.41, 5.74) is 0. The Morgan fingerprint density at radius 2 is 1.08 bits per heavy atom. The lowest BCUT2D eigenvalue weighted by atomic mass is 10.3. The van der Waals surface area contributed by atoms with Crippen molar-refractivity contribution in [3.8, 4) is 0 Å². The first kappa shape index (κ1) is 19.6. The van der Waals surface area contributed by atoms with Crippen molar-refractivity contribution in [2.45, 2.75) is 14.7 Å². The van der Waals surface area contributed by atoms with Gasteiger partial charge in [0.15, 0.2) is 10.6 Å². The predicted octanol–water partition coefficient (Wildman–Crippen LogP) is 4.52. The fourth-order valence-corrected chi connectivity index (χ4v) is 4.30. The van der Waals surface area contributed by atoms with E-state index in [-0.39, 0.29) is 0 Å². The van der Waals surface area contributed by atoms with E-state index in [9.17, 15) is 4.57 Å². The van der Waals surface area contributed by atoms with Gasteiger partial charge < -0.3 is 0 Å². The van der Waals surface area contributed by atoms with Crippen LogP contribution in [0.4, 0.5) is 0 Å². The molecule has 3 rings (SSSR count). The third kappa shape index (κ3) is 5.65. The molecule has 3 aromatic carbocycles. The van der Waals surface area contributed by atoms with Crippen molar-refractivity contribution in [3.63, 3.8) is 0 Å². The Kier molecular flexibility index (Phi) is 7.87. The van der Waals surface area contributed by atoms with E-state index >= 15 is 0 Å². The van der Waals surface area contributed by atoms with Crippen LogP contribution in [0.25, 0.3) is 0 Å². The van der Waals surface area contributed by atoms with Gasteiger partial charge >= 0.3 is 7.80 Å². The molecule has 122 valence electrons. The summed E-state index contributed by atoms with van der Waals surface area (Å²) >= 11 is 12.6. The Hall–Kier alpha value is -0.760. The van der Waals surface area contributed by atoms with Gasteiger partial charge in [0.1, 0.15) is 0 Å². The highest BCUT2D eigenvalue weighted by Gasteiger charge is 2.21. The van der Waals surface area contributed by atoms with Crippen molar-refractivity contribution < 1.29 is 4.57 Å². The number of benzene rings is 3. The van der Waals surface area contributed by atoms with Crippen LogP contribution in [0, 0.1) is 0 Å². The first-order valence-corrected chi connectivity index (χ1v) is 10.2. The van der Waals surface area contributed by atoms with E-state index in [1.54, 1.807) is 0 Å². The quantitative estimate of drug-likeness (QED) is 0.421. The zero-order chi connectivity index (χ0) is 17.5. The highest BCUT2D eigenvalue weighted by atomic mass is 32.1. The molecule has 0 bridgehead atoms. The molecule has 0 amide bonds. The topological polar surface area (TPSA) is 17.1 Å². The van der Waals surface area contributed by atoms with Crippen LogP contribution >= 0.6 is 54.9 Å². The molecule has 0 fully saturated rings. The van der Waals surface area contributed by atoms with Crippen LogP contribution in [0.15, 0.2) is 87.5 Å². The molecule has 0 aromatic heterocycles. The van der Waals surface area contributed by atoms with Gasteiger partial charge in [0.05, 0.1) is 0 Å². The van der Waals surface area contributed by atoms with Crippen LogP contribution in [0.5, 0.6) is 0 Å². The van der Waals surface area contributed by atoms with Crippen LogP contribution in [-0.4, -0.2) is 0 Å². The molecule has 1 unspecified atom stereocenters. The summed E-state index contributed by atoms with van der Waals surface area (Å²) < 4.78 is 12.0. The first-order chi connectivity index (χ1) is 11.5. The third-order valence-corrected chi connectivity index (χ3v) is 6.74. The van der Waals surface area contributed by atoms with Crippen molar-refractivity contribution >= 4 is 70.8 Å². The molecule has 1 atom stereocenters. The van der Waals surface area contributed by atoms with Crippen molar-refractivity contribution in [2.75, 3.05) is 0 Å². The average molecular weight is 407 g/mol. The number of hydrogen-bond donors (Lipinski definition) is 3. The molecule has 24 heavy (non-hydrogen) atoms. The Bertz CT molecular complexity index is 760. The van der Waals surface area contributed by atoms with Crippen LogP contribution in [0.3, 0.4) is 0 Å². The van der Waals surface area contributed by atoms with Gasteiger partial charge in [0, 0.05) is 14.7 Å². The Morgan fingerprint density at radius 3 is 1.46 bits per heavy atom. The van der Waals surface area contributed by atoms with Gasteiger partial charge in [-0.3, -0.25) is 0 Å². The minimum absolute atomic E-state index is 0.883. The second-order valence-electron chi connectivity index (χ2n) is 4.86. The Labute approximate surface area is 162 Å². The van der Waals surface area contributed by atoms with Crippen molar-refractivity contribution in [2.24, 2.45) is 0 Å². The maximum Gasteiger partial charge on any atom is 0.415 e. The van der Waals surface area contributed by atoms with Crippen LogP contribution < -0.4 is 15.9 Å². The Morgan fingerprint density at radius 1 is 0.708 bits per heavy atom. The fraction of sp³-hybridized carbons (Fsp3) is 0. The van der Waals surface area contributed by atoms with E-state index in [4.69, 9.17) is 0 Å². The molecule has 0 radical (unpaired) electrons. The summed E-state index contributed by atoms with van der Waals surface area (Å²) in [5, 5.41) is 2.78. The SMILES string of the molecule is O=[P+](c1ccccc1)c1ccccc1.Pc1c(S)cc(S)cc1S. The van der Waals surface area contributed by atoms with Gasteiger partial charge in [0.2, 0.25) is 0 Å². The minimum Gasteiger partial charge on any atom is -0.143 e. The number of hydrogen-bond acceptors (Lipinski definition) is 4. The lowest BCUT2D eigenvalue weighted by molar-refractivity contribution is 0.598. The van der Waals surface area contributed by atoms with Crippen LogP contribution in [0.1, 0.15) is 0 Å². The van der Waals surface area contributed by atoms with Crippen LogP contribution in [-0.2, 0) is 4.57 Å². The van der Waals surface area contributed by atoms with E-state index in [1.165, 1.54) is 0 Å². The average Bonchev–Trinajstić information content (AvgIpc) is 2.61. The lowest BCUT2D eigenvalue weighted by Crippen LogP contribution is -2.04. The van der Waals surface area contributed by atoms with Gasteiger partial charge in [-0.1, -0.05) is 41.0 Å². The summed E-state index contributed by atoms with van der Waals surface area (Å²) in [5.74, 6) is 0. The normalized spacial score (nSPS) is 9.83. The second kappa shape index (κ2) is 9.65. The third-order valence-electron chi connectivity index (χ3n) is 3.10. The summed E-state index contributed by atoms with van der Waals surface area (Å²) in [6.45, 7) is 0. The van der Waals surface area contributed by atoms with Crippen molar-refractivity contribution in [1.29, 1.82) is 0 Å². The molecule has 0 saturated carbocycles. The summed E-state index contributed by atoms with van der Waals surface area (Å²) in [6.07, 6.45) is 0. The van der Waals surface area contributed by atoms with Gasteiger partial charge in [-0.15, -0.1) is 47.1 Å². The minimum atomic E-state index is -1.42. The van der Waals surface area contributed by atoms with Gasteiger partial charge in [-0.05, 0) is 41.7 Å².